The molecule has 4 nitrogen and oxygen atoms in total. The first-order chi connectivity index (χ1) is 27.1. The van der Waals surface area contributed by atoms with Crippen LogP contribution in [0.1, 0.15) is 87.8 Å². The molecule has 0 spiro atoms. The molecule has 3 heterocycles. The SMILES string of the molecule is Cc1ccc(/C(=C\C2(/C=C(\c3ccc(C)cc3)c3ccc(N4CCCCC4)cc3)OC(=O)c3c(Br)c(Br)c(Br)c(Br)c32)c2ccc(N3CCCCC3)cc2)cc1. The van der Waals surface area contributed by atoms with Crippen molar-refractivity contribution in [1.82, 2.24) is 0 Å². The summed E-state index contributed by atoms with van der Waals surface area (Å²) in [5, 5.41) is 0. The van der Waals surface area contributed by atoms with E-state index < -0.39 is 11.6 Å². The molecule has 0 N–H and O–H groups in total. The summed E-state index contributed by atoms with van der Waals surface area (Å²) in [6.07, 6.45) is 11.8. The van der Waals surface area contributed by atoms with Crippen LogP contribution < -0.4 is 9.80 Å². The molecule has 2 fully saturated rings. The molecule has 0 aromatic heterocycles. The van der Waals surface area contributed by atoms with Gasteiger partial charge in [0.05, 0.1) is 5.56 Å². The van der Waals surface area contributed by atoms with Gasteiger partial charge < -0.3 is 14.5 Å². The minimum Gasteiger partial charge on any atom is -0.442 e. The third-order valence-corrected chi connectivity index (χ3v) is 16.1. The summed E-state index contributed by atoms with van der Waals surface area (Å²) < 4.78 is 9.73. The molecule has 0 unspecified atom stereocenters. The minimum atomic E-state index is -1.32. The zero-order valence-electron chi connectivity index (χ0n) is 31.7. The molecular weight excluding hydrogens is 956 g/mol. The zero-order chi connectivity index (χ0) is 39.0. The quantitative estimate of drug-likeness (QED) is 0.0881. The summed E-state index contributed by atoms with van der Waals surface area (Å²) >= 11 is 15.3. The van der Waals surface area contributed by atoms with Crippen molar-refractivity contribution in [2.24, 2.45) is 0 Å². The largest absolute Gasteiger partial charge is 0.442 e. The Bertz CT molecular complexity index is 2180. The summed E-state index contributed by atoms with van der Waals surface area (Å²) in [6.45, 7) is 8.52. The molecule has 0 radical (unpaired) electrons. The molecule has 0 saturated carbocycles. The molecule has 8 heteroatoms. The number of aryl methyl sites for hydroxylation is 2. The number of carbonyl (C=O) groups excluding carboxylic acids is 1. The second kappa shape index (κ2) is 16.8. The Morgan fingerprint density at radius 3 is 1.27 bits per heavy atom. The van der Waals surface area contributed by atoms with E-state index in [-0.39, 0.29) is 0 Å². The van der Waals surface area contributed by atoms with Gasteiger partial charge >= 0.3 is 5.97 Å². The number of anilines is 2. The lowest BCUT2D eigenvalue weighted by atomic mass is 9.83. The summed E-state index contributed by atoms with van der Waals surface area (Å²) in [6, 6.07) is 35.0. The number of ether oxygens (including phenoxy) is 1. The molecule has 0 atom stereocenters. The van der Waals surface area contributed by atoms with E-state index in [0.29, 0.717) is 10.0 Å². The highest BCUT2D eigenvalue weighted by molar-refractivity contribution is 9.15. The number of fused-ring (bicyclic) bond motifs is 1. The number of benzene rings is 5. The molecule has 286 valence electrons. The molecule has 2 saturated heterocycles. The van der Waals surface area contributed by atoms with Gasteiger partial charge in [-0.05, 0) is 186 Å². The maximum Gasteiger partial charge on any atom is 0.341 e. The van der Waals surface area contributed by atoms with E-state index in [2.05, 4.69) is 197 Å². The first-order valence-electron chi connectivity index (χ1n) is 19.5. The van der Waals surface area contributed by atoms with Crippen LogP contribution in [0.3, 0.4) is 0 Å². The molecule has 0 bridgehead atoms. The number of carbonyl (C=O) groups is 1. The summed E-state index contributed by atoms with van der Waals surface area (Å²) in [5.41, 5.74) is 10.8. The summed E-state index contributed by atoms with van der Waals surface area (Å²) in [5.74, 6) is -0.402. The second-order valence-corrected chi connectivity index (χ2v) is 18.4. The Morgan fingerprint density at radius 1 is 0.518 bits per heavy atom. The molecule has 5 aromatic rings. The second-order valence-electron chi connectivity index (χ2n) is 15.2. The molecule has 3 aliphatic rings. The van der Waals surface area contributed by atoms with Crippen LogP contribution in [0.15, 0.2) is 127 Å². The van der Waals surface area contributed by atoms with E-state index in [1.807, 2.05) is 0 Å². The van der Waals surface area contributed by atoms with Gasteiger partial charge in [-0.15, -0.1) is 0 Å². The highest BCUT2D eigenvalue weighted by Crippen LogP contribution is 2.54. The molecule has 5 aromatic carbocycles. The predicted molar refractivity (Wildman–Crippen MR) is 246 cm³/mol. The van der Waals surface area contributed by atoms with E-state index in [0.717, 1.165) is 78.6 Å². The monoisotopic (exact) mass is 996 g/mol. The highest BCUT2D eigenvalue weighted by atomic mass is 79.9. The van der Waals surface area contributed by atoms with E-state index in [4.69, 9.17) is 4.74 Å². The van der Waals surface area contributed by atoms with Crippen molar-refractivity contribution < 1.29 is 9.53 Å². The van der Waals surface area contributed by atoms with Crippen LogP contribution in [0.25, 0.3) is 11.1 Å². The third-order valence-electron chi connectivity index (χ3n) is 11.4. The van der Waals surface area contributed by atoms with Crippen molar-refractivity contribution in [1.29, 1.82) is 0 Å². The third kappa shape index (κ3) is 7.88. The lowest BCUT2D eigenvalue weighted by molar-refractivity contribution is 0.0298. The van der Waals surface area contributed by atoms with Crippen molar-refractivity contribution in [2.75, 3.05) is 36.0 Å². The molecule has 8 rings (SSSR count). The number of esters is 1. The smallest absolute Gasteiger partial charge is 0.341 e. The van der Waals surface area contributed by atoms with E-state index >= 15 is 0 Å². The normalized spacial score (nSPS) is 17.2. The Labute approximate surface area is 364 Å². The van der Waals surface area contributed by atoms with Gasteiger partial charge in [0.25, 0.3) is 0 Å². The van der Waals surface area contributed by atoms with Gasteiger partial charge in [0.2, 0.25) is 0 Å². The van der Waals surface area contributed by atoms with Crippen molar-refractivity contribution in [3.05, 3.63) is 172 Å². The molecule has 0 aliphatic carbocycles. The fraction of sp³-hybridized carbons (Fsp3) is 0.271. The molecular formula is C48H44Br4N2O2. The number of rotatable bonds is 8. The van der Waals surface area contributed by atoms with Crippen LogP contribution in [0.4, 0.5) is 11.4 Å². The zero-order valence-corrected chi connectivity index (χ0v) is 38.0. The fourth-order valence-corrected chi connectivity index (χ4v) is 10.9. The first kappa shape index (κ1) is 39.4. The number of piperidine rings is 2. The standard InChI is InChI=1S/C48H44Br4N2O2/c1-31-9-13-33(14-10-31)39(35-17-21-37(22-18-35)53-25-5-3-6-26-53)29-48(42-41(47(55)56-48)43(49)45(51)46(52)44(42)50)30-40(34-15-11-32(2)12-16-34)36-19-23-38(24-20-36)54-27-7-4-8-28-54/h9-24,29-30H,3-8,25-28H2,1-2H3/b39-29+,40-30+. The van der Waals surface area contributed by atoms with Crippen LogP contribution >= 0.6 is 63.7 Å². The fourth-order valence-electron chi connectivity index (χ4n) is 8.26. The van der Waals surface area contributed by atoms with Crippen molar-refractivity contribution >= 4 is 92.2 Å². The van der Waals surface area contributed by atoms with Gasteiger partial charge in [0.15, 0.2) is 5.60 Å². The average molecular weight is 1000 g/mol. The number of hydrogen-bond acceptors (Lipinski definition) is 4. The maximum atomic E-state index is 14.4. The minimum absolute atomic E-state index is 0.402. The summed E-state index contributed by atoms with van der Waals surface area (Å²) in [7, 11) is 0. The lowest BCUT2D eigenvalue weighted by Crippen LogP contribution is -2.29. The summed E-state index contributed by atoms with van der Waals surface area (Å²) in [4.78, 5) is 19.3. The van der Waals surface area contributed by atoms with Gasteiger partial charge in [-0.2, -0.15) is 0 Å². The number of hydrogen-bond donors (Lipinski definition) is 0. The number of nitrogens with zero attached hydrogens (tertiary/aromatic N) is 2. The van der Waals surface area contributed by atoms with Crippen molar-refractivity contribution in [3.63, 3.8) is 0 Å². The van der Waals surface area contributed by atoms with E-state index in [1.165, 1.54) is 61.0 Å². The van der Waals surface area contributed by atoms with Gasteiger partial charge in [0.1, 0.15) is 0 Å². The highest BCUT2D eigenvalue weighted by Gasteiger charge is 2.48. The Kier molecular flexibility index (Phi) is 11.8. The topological polar surface area (TPSA) is 32.8 Å². The number of cyclic esters (lactones) is 1. The molecule has 56 heavy (non-hydrogen) atoms. The van der Waals surface area contributed by atoms with Crippen LogP contribution in [0, 0.1) is 13.8 Å². The average Bonchev–Trinajstić information content (AvgIpc) is 3.53. The molecule has 3 aliphatic heterocycles. The van der Waals surface area contributed by atoms with Gasteiger partial charge in [-0.1, -0.05) is 83.9 Å². The van der Waals surface area contributed by atoms with Crippen LogP contribution in [-0.2, 0) is 10.3 Å². The van der Waals surface area contributed by atoms with E-state index in [9.17, 15) is 4.79 Å². The Morgan fingerprint density at radius 2 is 0.875 bits per heavy atom. The number of halogens is 4. The van der Waals surface area contributed by atoms with Gasteiger partial charge in [-0.3, -0.25) is 0 Å². The van der Waals surface area contributed by atoms with Gasteiger partial charge in [-0.25, -0.2) is 4.79 Å². The molecule has 0 amide bonds. The Hall–Kier alpha value is -3.43. The lowest BCUT2D eigenvalue weighted by Gasteiger charge is -2.30. The van der Waals surface area contributed by atoms with Crippen LogP contribution in [0.2, 0.25) is 0 Å². The first-order valence-corrected chi connectivity index (χ1v) is 22.7. The maximum absolute atomic E-state index is 14.4. The van der Waals surface area contributed by atoms with Crippen molar-refractivity contribution in [2.45, 2.75) is 58.0 Å². The van der Waals surface area contributed by atoms with Crippen LogP contribution in [0.5, 0.6) is 0 Å². The predicted octanol–water partition coefficient (Wildman–Crippen LogP) is 14.0. The van der Waals surface area contributed by atoms with Crippen molar-refractivity contribution in [3.8, 4) is 0 Å². The van der Waals surface area contributed by atoms with Gasteiger partial charge in [0, 0.05) is 61.0 Å². The van der Waals surface area contributed by atoms with Crippen LogP contribution in [-0.4, -0.2) is 32.1 Å². The van der Waals surface area contributed by atoms with E-state index in [1.54, 1.807) is 0 Å². The Balaban J connectivity index is 1.39.